The average Bonchev–Trinajstić information content (AvgIpc) is 2.92. The Kier molecular flexibility index (Phi) is 7.13. The Morgan fingerprint density at radius 2 is 1.84 bits per heavy atom. The number of hydrogen-bond acceptors (Lipinski definition) is 5. The van der Waals surface area contributed by atoms with Crippen LogP contribution in [0.5, 0.6) is 0 Å². The lowest BCUT2D eigenvalue weighted by molar-refractivity contribution is -0.121. The van der Waals surface area contributed by atoms with E-state index in [0.717, 1.165) is 41.2 Å². The van der Waals surface area contributed by atoms with Gasteiger partial charge >= 0.3 is 0 Å². The Morgan fingerprint density at radius 3 is 2.50 bits per heavy atom. The first-order valence-electron chi connectivity index (χ1n) is 11.4. The summed E-state index contributed by atoms with van der Waals surface area (Å²) in [6.07, 6.45) is 5.30. The normalized spacial score (nSPS) is 19.5. The number of nitrogens with two attached hydrogens (primary N) is 1. The van der Waals surface area contributed by atoms with Gasteiger partial charge in [-0.25, -0.2) is 0 Å². The zero-order valence-electron chi connectivity index (χ0n) is 18.9. The smallest absolute Gasteiger partial charge is 0.271 e. The van der Waals surface area contributed by atoms with Crippen LogP contribution in [0, 0.1) is 5.92 Å². The van der Waals surface area contributed by atoms with Crippen LogP contribution in [0.3, 0.4) is 0 Å². The molecule has 2 aromatic rings. The second-order valence-electron chi connectivity index (χ2n) is 8.78. The molecule has 1 aliphatic carbocycles. The molecule has 1 amide bonds. The van der Waals surface area contributed by atoms with Crippen LogP contribution in [0.15, 0.2) is 47.5 Å². The average molecular weight is 454 g/mol. The van der Waals surface area contributed by atoms with Crippen molar-refractivity contribution in [1.29, 1.82) is 0 Å². The first-order chi connectivity index (χ1) is 15.5. The van der Waals surface area contributed by atoms with Crippen LogP contribution in [-0.2, 0) is 4.79 Å². The number of benzene rings is 2. The van der Waals surface area contributed by atoms with Gasteiger partial charge in [0.2, 0.25) is 0 Å². The van der Waals surface area contributed by atoms with E-state index in [4.69, 9.17) is 22.3 Å². The van der Waals surface area contributed by atoms with Crippen molar-refractivity contribution >= 4 is 40.3 Å². The maximum atomic E-state index is 13.8. The molecule has 0 spiro atoms. The number of carbonyl (C=O) groups excluding carboxylic acids is 1. The van der Waals surface area contributed by atoms with E-state index in [2.05, 4.69) is 5.32 Å². The summed E-state index contributed by atoms with van der Waals surface area (Å²) in [7, 11) is 3.82. The molecule has 2 aliphatic rings. The number of halogens is 1. The molecule has 1 unspecified atom stereocenters. The van der Waals surface area contributed by atoms with Crippen LogP contribution in [-0.4, -0.2) is 49.9 Å². The molecule has 3 N–H and O–H groups in total. The number of benzodiazepines with no additional fused rings is 1. The second kappa shape index (κ2) is 10.0. The number of likely N-dealkylation sites (N-methyl/N-ethyl adjacent to an activating group) is 1. The van der Waals surface area contributed by atoms with Crippen molar-refractivity contribution in [3.8, 4) is 0 Å². The van der Waals surface area contributed by atoms with Crippen molar-refractivity contribution < 1.29 is 4.79 Å². The van der Waals surface area contributed by atoms with Crippen LogP contribution < -0.4 is 16.0 Å². The van der Waals surface area contributed by atoms with E-state index in [1.54, 1.807) is 4.90 Å². The molecule has 1 heterocycles. The lowest BCUT2D eigenvalue weighted by Crippen LogP contribution is -2.42. The van der Waals surface area contributed by atoms with Gasteiger partial charge in [0.25, 0.3) is 5.91 Å². The Labute approximate surface area is 195 Å². The van der Waals surface area contributed by atoms with Crippen LogP contribution >= 0.6 is 11.6 Å². The first-order valence-corrected chi connectivity index (χ1v) is 11.8. The molecular formula is C25H32ClN5O. The third-order valence-electron chi connectivity index (χ3n) is 6.26. The number of nitrogens with zero attached hydrogens (tertiary/aromatic N) is 3. The van der Waals surface area contributed by atoms with Gasteiger partial charge in [-0.15, -0.1) is 0 Å². The van der Waals surface area contributed by atoms with Gasteiger partial charge in [0, 0.05) is 46.7 Å². The van der Waals surface area contributed by atoms with Crippen molar-refractivity contribution in [2.75, 3.05) is 37.4 Å². The molecule has 1 atom stereocenters. The molecular weight excluding hydrogens is 422 g/mol. The lowest BCUT2D eigenvalue weighted by Gasteiger charge is -2.28. The molecule has 170 valence electrons. The summed E-state index contributed by atoms with van der Waals surface area (Å²) in [5.41, 5.74) is 10.2. The molecule has 0 saturated heterocycles. The molecule has 32 heavy (non-hydrogen) atoms. The van der Waals surface area contributed by atoms with Crippen molar-refractivity contribution in [2.45, 2.75) is 38.3 Å². The molecule has 2 aromatic carbocycles. The van der Waals surface area contributed by atoms with Gasteiger partial charge in [-0.1, -0.05) is 30.9 Å². The van der Waals surface area contributed by atoms with Gasteiger partial charge in [-0.2, -0.15) is 0 Å². The first kappa shape index (κ1) is 22.8. The van der Waals surface area contributed by atoms with Gasteiger partial charge < -0.3 is 11.1 Å². The number of carbonyl (C=O) groups is 1. The summed E-state index contributed by atoms with van der Waals surface area (Å²) in [4.78, 5) is 22.6. The Bertz CT molecular complexity index is 982. The number of nitrogens with one attached hydrogen (secondary N) is 1. The summed E-state index contributed by atoms with van der Waals surface area (Å²) in [6, 6.07) is 13.7. The number of fused-ring (bicyclic) bond motifs is 1. The number of anilines is 3. The highest BCUT2D eigenvalue weighted by Gasteiger charge is 2.36. The molecule has 0 radical (unpaired) electrons. The van der Waals surface area contributed by atoms with E-state index in [0.29, 0.717) is 24.0 Å². The second-order valence-corrected chi connectivity index (χ2v) is 9.22. The molecule has 0 aromatic heterocycles. The standard InChI is InChI=1S/C25H32ClN5O/c1-30(2)24-25(32)31(20-11-9-19(10-12-20)28-15-14-27)22-16-18(26)8-13-21(22)23(29-24)17-6-4-3-5-7-17/h8-13,16-17,24,28H,3-7,14-15,27H2,1-2H3. The molecule has 4 rings (SSSR count). The van der Waals surface area contributed by atoms with E-state index < -0.39 is 6.17 Å². The molecule has 1 saturated carbocycles. The van der Waals surface area contributed by atoms with E-state index >= 15 is 0 Å². The van der Waals surface area contributed by atoms with Crippen molar-refractivity contribution in [2.24, 2.45) is 16.6 Å². The van der Waals surface area contributed by atoms with Crippen LogP contribution in [0.4, 0.5) is 17.1 Å². The molecule has 1 fully saturated rings. The third-order valence-corrected chi connectivity index (χ3v) is 6.49. The topological polar surface area (TPSA) is 74.0 Å². The fourth-order valence-electron chi connectivity index (χ4n) is 4.65. The largest absolute Gasteiger partial charge is 0.384 e. The predicted molar refractivity (Wildman–Crippen MR) is 133 cm³/mol. The zero-order chi connectivity index (χ0) is 22.7. The number of aliphatic imine (C=N–C) groups is 1. The minimum atomic E-state index is -0.590. The molecule has 6 nitrogen and oxygen atoms in total. The highest BCUT2D eigenvalue weighted by Crippen LogP contribution is 2.39. The monoisotopic (exact) mass is 453 g/mol. The summed E-state index contributed by atoms with van der Waals surface area (Å²) in [5.74, 6) is 0.286. The lowest BCUT2D eigenvalue weighted by atomic mass is 9.82. The highest BCUT2D eigenvalue weighted by atomic mass is 35.5. The molecule has 1 aliphatic heterocycles. The maximum absolute atomic E-state index is 13.8. The minimum Gasteiger partial charge on any atom is -0.384 e. The maximum Gasteiger partial charge on any atom is 0.271 e. The summed E-state index contributed by atoms with van der Waals surface area (Å²) in [5, 5.41) is 3.88. The third kappa shape index (κ3) is 4.68. The zero-order valence-corrected chi connectivity index (χ0v) is 19.6. The van der Waals surface area contributed by atoms with Crippen molar-refractivity contribution in [3.05, 3.63) is 53.1 Å². The fraction of sp³-hybridized carbons (Fsp3) is 0.440. The van der Waals surface area contributed by atoms with Gasteiger partial charge in [-0.3, -0.25) is 19.6 Å². The van der Waals surface area contributed by atoms with Crippen LogP contribution in [0.2, 0.25) is 5.02 Å². The van der Waals surface area contributed by atoms with Gasteiger partial charge in [0.1, 0.15) is 0 Å². The molecule has 0 bridgehead atoms. The van der Waals surface area contributed by atoms with E-state index in [1.807, 2.05) is 61.5 Å². The fourth-order valence-corrected chi connectivity index (χ4v) is 4.81. The number of amides is 1. The van der Waals surface area contributed by atoms with Gasteiger partial charge in [0.15, 0.2) is 6.17 Å². The Morgan fingerprint density at radius 1 is 1.12 bits per heavy atom. The van der Waals surface area contributed by atoms with Crippen LogP contribution in [0.1, 0.15) is 37.7 Å². The number of rotatable bonds is 6. The minimum absolute atomic E-state index is 0.0769. The summed E-state index contributed by atoms with van der Waals surface area (Å²) >= 11 is 6.44. The molecule has 7 heteroatoms. The summed E-state index contributed by atoms with van der Waals surface area (Å²) in [6.45, 7) is 1.26. The summed E-state index contributed by atoms with van der Waals surface area (Å²) < 4.78 is 0. The van der Waals surface area contributed by atoms with Crippen molar-refractivity contribution in [1.82, 2.24) is 4.90 Å². The quantitative estimate of drug-likeness (QED) is 0.667. The van der Waals surface area contributed by atoms with Gasteiger partial charge in [0.05, 0.1) is 5.69 Å². The van der Waals surface area contributed by atoms with E-state index in [-0.39, 0.29) is 5.91 Å². The Balaban J connectivity index is 1.82. The van der Waals surface area contributed by atoms with Crippen LogP contribution in [0.25, 0.3) is 0 Å². The van der Waals surface area contributed by atoms with Gasteiger partial charge in [-0.05, 0) is 69.4 Å². The van der Waals surface area contributed by atoms with E-state index in [9.17, 15) is 4.79 Å². The van der Waals surface area contributed by atoms with Crippen molar-refractivity contribution in [3.63, 3.8) is 0 Å². The highest BCUT2D eigenvalue weighted by molar-refractivity contribution is 6.31. The number of hydrogen-bond donors (Lipinski definition) is 2. The predicted octanol–water partition coefficient (Wildman–Crippen LogP) is 4.65. The SMILES string of the molecule is CN(C)C1N=C(C2CCCCC2)c2ccc(Cl)cc2N(c2ccc(NCCN)cc2)C1=O. The Hall–Kier alpha value is -2.41. The van der Waals surface area contributed by atoms with E-state index in [1.165, 1.54) is 19.3 Å².